The van der Waals surface area contributed by atoms with Gasteiger partial charge in [-0.3, -0.25) is 9.59 Å². The summed E-state index contributed by atoms with van der Waals surface area (Å²) in [6.45, 7) is 2.55. The molecule has 1 amide bonds. The first-order valence-corrected chi connectivity index (χ1v) is 10.5. The maximum atomic E-state index is 13.8. The van der Waals surface area contributed by atoms with Crippen LogP contribution in [0, 0.1) is 0 Å². The van der Waals surface area contributed by atoms with E-state index < -0.39 is 0 Å². The van der Waals surface area contributed by atoms with E-state index in [4.69, 9.17) is 4.42 Å². The van der Waals surface area contributed by atoms with Gasteiger partial charge in [0.1, 0.15) is 0 Å². The molecule has 1 aliphatic heterocycles. The second-order valence-electron chi connectivity index (χ2n) is 7.88. The molecule has 0 aliphatic carbocycles. The second-order valence-corrected chi connectivity index (χ2v) is 7.88. The normalized spacial score (nSPS) is 15.8. The summed E-state index contributed by atoms with van der Waals surface area (Å²) in [6.07, 6.45) is 3.33. The number of piperazine rings is 1. The van der Waals surface area contributed by atoms with Crippen LogP contribution in [0.15, 0.2) is 83.6 Å². The average molecular weight is 414 g/mol. The molecule has 4 aromatic rings. The summed E-state index contributed by atoms with van der Waals surface area (Å²) in [7, 11) is 0. The number of rotatable bonds is 5. The third-order valence-corrected chi connectivity index (χ3v) is 6.08. The number of fused-ring (bicyclic) bond motifs is 1. The lowest BCUT2D eigenvalue weighted by atomic mass is 9.95. The van der Waals surface area contributed by atoms with Crippen LogP contribution in [0.4, 0.5) is 0 Å². The molecule has 156 valence electrons. The molecule has 2 N–H and O–H groups in total. The number of H-pyrrole nitrogens is 1. The molecule has 1 atom stereocenters. The Labute approximate surface area is 180 Å². The Bertz CT molecular complexity index is 1190. The molecule has 0 saturated carbocycles. The summed E-state index contributed by atoms with van der Waals surface area (Å²) >= 11 is 0. The van der Waals surface area contributed by atoms with Crippen molar-refractivity contribution in [2.45, 2.75) is 6.04 Å². The number of furan rings is 1. The number of benzene rings is 2. The van der Waals surface area contributed by atoms with Gasteiger partial charge in [0.25, 0.3) is 5.91 Å². The Morgan fingerprint density at radius 2 is 1.68 bits per heavy atom. The van der Waals surface area contributed by atoms with Gasteiger partial charge in [0.15, 0.2) is 11.8 Å². The number of para-hydroxylation sites is 1. The molecule has 2 aromatic heterocycles. The molecule has 31 heavy (non-hydrogen) atoms. The number of aromatic amines is 1. The second kappa shape index (κ2) is 8.24. The monoisotopic (exact) mass is 414 g/mol. The molecule has 0 bridgehead atoms. The van der Waals surface area contributed by atoms with Crippen molar-refractivity contribution in [1.29, 1.82) is 0 Å². The van der Waals surface area contributed by atoms with E-state index in [0.717, 1.165) is 16.5 Å². The number of Topliss-reactive ketones (excluding diaryl/α,β-unsaturated/α-hetero) is 1. The number of hydrogen-bond donors (Lipinski definition) is 2. The SMILES string of the molecule is O=C(c1c[nH]c2ccccc12)[C@H](c1ccccc1)[NH+]1CCN(C(=O)c2ccco2)CC1. The first kappa shape index (κ1) is 19.3. The highest BCUT2D eigenvalue weighted by Gasteiger charge is 2.37. The highest BCUT2D eigenvalue weighted by atomic mass is 16.3. The fourth-order valence-corrected chi connectivity index (χ4v) is 4.49. The standard InChI is InChI=1S/C25H23N3O3/c29-24(20-17-26-21-10-5-4-9-19(20)21)23(18-7-2-1-3-8-18)27-12-14-28(15-13-27)25(30)22-11-6-16-31-22/h1-11,16-17,23,26H,12-15H2/p+1/t23-/m0/s1. The van der Waals surface area contributed by atoms with E-state index in [1.165, 1.54) is 11.2 Å². The Morgan fingerprint density at radius 3 is 2.42 bits per heavy atom. The maximum absolute atomic E-state index is 13.8. The third kappa shape index (κ3) is 3.66. The molecule has 0 spiro atoms. The van der Waals surface area contributed by atoms with Gasteiger partial charge in [0, 0.05) is 28.2 Å². The largest absolute Gasteiger partial charge is 0.459 e. The number of amides is 1. The maximum Gasteiger partial charge on any atom is 0.289 e. The van der Waals surface area contributed by atoms with Gasteiger partial charge in [-0.2, -0.15) is 0 Å². The van der Waals surface area contributed by atoms with Crippen molar-refractivity contribution < 1.29 is 18.9 Å². The Kier molecular flexibility index (Phi) is 5.14. The fraction of sp³-hybridized carbons (Fsp3) is 0.200. The van der Waals surface area contributed by atoms with Gasteiger partial charge < -0.3 is 19.2 Å². The minimum atomic E-state index is -0.318. The van der Waals surface area contributed by atoms with Gasteiger partial charge >= 0.3 is 0 Å². The first-order chi connectivity index (χ1) is 15.2. The topological polar surface area (TPSA) is 70.8 Å². The van der Waals surface area contributed by atoms with Gasteiger partial charge in [-0.05, 0) is 18.2 Å². The molecule has 5 rings (SSSR count). The summed E-state index contributed by atoms with van der Waals surface area (Å²) in [5, 5.41) is 0.944. The molecular weight excluding hydrogens is 390 g/mol. The lowest BCUT2D eigenvalue weighted by Gasteiger charge is -2.35. The number of quaternary nitrogens is 1. The van der Waals surface area contributed by atoms with E-state index in [1.807, 2.05) is 60.8 Å². The number of aromatic nitrogens is 1. The van der Waals surface area contributed by atoms with E-state index in [1.54, 1.807) is 17.0 Å². The van der Waals surface area contributed by atoms with Crippen molar-refractivity contribution in [3.05, 3.63) is 96.1 Å². The van der Waals surface area contributed by atoms with Crippen LogP contribution in [0.3, 0.4) is 0 Å². The minimum Gasteiger partial charge on any atom is -0.459 e. The van der Waals surface area contributed by atoms with Crippen LogP contribution in [-0.4, -0.2) is 47.8 Å². The van der Waals surface area contributed by atoms with Crippen molar-refractivity contribution in [2.24, 2.45) is 0 Å². The summed E-state index contributed by atoms with van der Waals surface area (Å²) in [6, 6.07) is 20.9. The average Bonchev–Trinajstić information content (AvgIpc) is 3.50. The molecule has 1 aliphatic rings. The molecule has 1 fully saturated rings. The smallest absolute Gasteiger partial charge is 0.289 e. The minimum absolute atomic E-state index is 0.0942. The number of carbonyl (C=O) groups is 2. The first-order valence-electron chi connectivity index (χ1n) is 10.5. The lowest BCUT2D eigenvalue weighted by molar-refractivity contribution is -0.925. The van der Waals surface area contributed by atoms with Gasteiger partial charge in [0.05, 0.1) is 32.4 Å². The quantitative estimate of drug-likeness (QED) is 0.494. The number of nitrogens with one attached hydrogen (secondary N) is 2. The number of carbonyl (C=O) groups excluding carboxylic acids is 2. The third-order valence-electron chi connectivity index (χ3n) is 6.08. The van der Waals surface area contributed by atoms with Crippen molar-refractivity contribution in [2.75, 3.05) is 26.2 Å². The highest BCUT2D eigenvalue weighted by molar-refractivity contribution is 6.10. The van der Waals surface area contributed by atoms with Gasteiger partial charge in [-0.15, -0.1) is 0 Å². The van der Waals surface area contributed by atoms with Crippen LogP contribution >= 0.6 is 0 Å². The highest BCUT2D eigenvalue weighted by Crippen LogP contribution is 2.23. The summed E-state index contributed by atoms with van der Waals surface area (Å²) in [5.41, 5.74) is 2.67. The predicted octanol–water partition coefficient (Wildman–Crippen LogP) is 2.73. The Balaban J connectivity index is 1.41. The van der Waals surface area contributed by atoms with E-state index in [0.29, 0.717) is 37.5 Å². The summed E-state index contributed by atoms with van der Waals surface area (Å²) in [4.78, 5) is 32.6. The van der Waals surface area contributed by atoms with Crippen LogP contribution in [0.1, 0.15) is 32.5 Å². The molecule has 1 saturated heterocycles. The zero-order chi connectivity index (χ0) is 21.2. The molecule has 6 nitrogen and oxygen atoms in total. The van der Waals surface area contributed by atoms with E-state index in [9.17, 15) is 9.59 Å². The van der Waals surface area contributed by atoms with E-state index in [2.05, 4.69) is 4.98 Å². The fourth-order valence-electron chi connectivity index (χ4n) is 4.49. The molecule has 2 aromatic carbocycles. The molecule has 0 radical (unpaired) electrons. The van der Waals surface area contributed by atoms with Crippen molar-refractivity contribution in [1.82, 2.24) is 9.88 Å². The van der Waals surface area contributed by atoms with Crippen LogP contribution in [0.25, 0.3) is 10.9 Å². The van der Waals surface area contributed by atoms with Crippen LogP contribution in [0.5, 0.6) is 0 Å². The Hall–Kier alpha value is -3.64. The van der Waals surface area contributed by atoms with Gasteiger partial charge in [-0.1, -0.05) is 48.5 Å². The van der Waals surface area contributed by atoms with Crippen LogP contribution < -0.4 is 4.90 Å². The van der Waals surface area contributed by atoms with Crippen molar-refractivity contribution in [3.8, 4) is 0 Å². The van der Waals surface area contributed by atoms with Crippen molar-refractivity contribution >= 4 is 22.6 Å². The number of nitrogens with zero attached hydrogens (tertiary/aromatic N) is 1. The molecule has 3 heterocycles. The number of hydrogen-bond acceptors (Lipinski definition) is 3. The zero-order valence-corrected chi connectivity index (χ0v) is 17.1. The van der Waals surface area contributed by atoms with Crippen LogP contribution in [0.2, 0.25) is 0 Å². The van der Waals surface area contributed by atoms with Crippen LogP contribution in [-0.2, 0) is 0 Å². The molecule has 0 unspecified atom stereocenters. The van der Waals surface area contributed by atoms with Gasteiger partial charge in [-0.25, -0.2) is 0 Å². The Morgan fingerprint density at radius 1 is 0.935 bits per heavy atom. The predicted molar refractivity (Wildman–Crippen MR) is 117 cm³/mol. The molecule has 6 heteroatoms. The zero-order valence-electron chi connectivity index (χ0n) is 17.1. The molecular formula is C25H24N3O3+. The van der Waals surface area contributed by atoms with Crippen molar-refractivity contribution in [3.63, 3.8) is 0 Å². The van der Waals surface area contributed by atoms with E-state index in [-0.39, 0.29) is 17.7 Å². The summed E-state index contributed by atoms with van der Waals surface area (Å²) < 4.78 is 5.26. The number of ketones is 1. The lowest BCUT2D eigenvalue weighted by Crippen LogP contribution is -3.15. The summed E-state index contributed by atoms with van der Waals surface area (Å²) in [5.74, 6) is 0.366. The van der Waals surface area contributed by atoms with Gasteiger partial charge in [0.2, 0.25) is 5.78 Å². The van der Waals surface area contributed by atoms with E-state index >= 15 is 0 Å².